The van der Waals surface area contributed by atoms with Crippen molar-refractivity contribution in [2.24, 2.45) is 15.7 Å². The maximum absolute atomic E-state index is 14.0. The van der Waals surface area contributed by atoms with Crippen LogP contribution in [0.1, 0.15) is 18.1 Å². The largest absolute Gasteiger partial charge is 0.383 e. The number of aliphatic imine (C=N–C) groups is 2. The van der Waals surface area contributed by atoms with Crippen LogP contribution >= 0.6 is 11.6 Å². The molecule has 2 aromatic heterocycles. The minimum absolute atomic E-state index is 0.0817. The summed E-state index contributed by atoms with van der Waals surface area (Å²) in [6.45, 7) is 5.16. The molecule has 10 heteroatoms. The molecule has 2 heterocycles. The first-order chi connectivity index (χ1) is 16.7. The van der Waals surface area contributed by atoms with Gasteiger partial charge in [0.05, 0.1) is 17.5 Å². The molecule has 35 heavy (non-hydrogen) atoms. The van der Waals surface area contributed by atoms with E-state index in [2.05, 4.69) is 32.1 Å². The molecule has 1 unspecified atom stereocenters. The van der Waals surface area contributed by atoms with Gasteiger partial charge in [0.1, 0.15) is 17.5 Å². The maximum atomic E-state index is 14.0. The molecule has 0 amide bonds. The predicted molar refractivity (Wildman–Crippen MR) is 137 cm³/mol. The smallest absolute Gasteiger partial charge is 0.162 e. The first kappa shape index (κ1) is 24.1. The lowest BCUT2D eigenvalue weighted by atomic mass is 9.97. The van der Waals surface area contributed by atoms with Gasteiger partial charge >= 0.3 is 0 Å². The number of imidazole rings is 1. The highest BCUT2D eigenvalue weighted by Crippen LogP contribution is 2.32. The Morgan fingerprint density at radius 1 is 1.20 bits per heavy atom. The molecule has 0 aliphatic heterocycles. The molecule has 4 N–H and O–H groups in total. The van der Waals surface area contributed by atoms with E-state index in [9.17, 15) is 9.50 Å². The van der Waals surface area contributed by atoms with Crippen LogP contribution < -0.4 is 11.1 Å². The predicted octanol–water partition coefficient (Wildman–Crippen LogP) is 4.00. The SMILES string of the molecule is C=N/C(NC(C)(O)c1cc2ncc(Cl)n2nc1-c1ccccc1)=C(\C(N)=NC)c1cccc(F)c1. The third-order valence-electron chi connectivity index (χ3n) is 5.39. The average Bonchev–Trinajstić information content (AvgIpc) is 3.23. The van der Waals surface area contributed by atoms with Crippen molar-refractivity contribution in [3.8, 4) is 11.3 Å². The Morgan fingerprint density at radius 3 is 2.60 bits per heavy atom. The zero-order valence-electron chi connectivity index (χ0n) is 19.1. The van der Waals surface area contributed by atoms with Crippen LogP contribution in [-0.4, -0.2) is 39.3 Å². The Kier molecular flexibility index (Phi) is 6.63. The van der Waals surface area contributed by atoms with Gasteiger partial charge in [-0.2, -0.15) is 5.10 Å². The second-order valence-corrected chi connectivity index (χ2v) is 8.21. The molecule has 0 aliphatic carbocycles. The second kappa shape index (κ2) is 9.65. The van der Waals surface area contributed by atoms with Gasteiger partial charge in [0.2, 0.25) is 0 Å². The van der Waals surface area contributed by atoms with Crippen molar-refractivity contribution < 1.29 is 9.50 Å². The van der Waals surface area contributed by atoms with Gasteiger partial charge < -0.3 is 16.2 Å². The Labute approximate surface area is 206 Å². The number of nitrogens with one attached hydrogen (secondary N) is 1. The number of benzene rings is 2. The van der Waals surface area contributed by atoms with Gasteiger partial charge in [0.15, 0.2) is 16.5 Å². The Balaban J connectivity index is 1.91. The Morgan fingerprint density at radius 2 is 1.94 bits per heavy atom. The molecule has 0 fully saturated rings. The molecular weight excluding hydrogens is 469 g/mol. The number of fused-ring (bicyclic) bond motifs is 1. The molecule has 0 spiro atoms. The molecule has 1 atom stereocenters. The molecule has 0 saturated heterocycles. The highest BCUT2D eigenvalue weighted by atomic mass is 35.5. The number of hydrogen-bond donors (Lipinski definition) is 3. The third kappa shape index (κ3) is 4.77. The molecule has 4 aromatic rings. The number of aromatic nitrogens is 3. The van der Waals surface area contributed by atoms with Gasteiger partial charge in [0.25, 0.3) is 0 Å². The highest BCUT2D eigenvalue weighted by Gasteiger charge is 2.31. The quantitative estimate of drug-likeness (QED) is 0.205. The van der Waals surface area contributed by atoms with Crippen LogP contribution in [0, 0.1) is 5.82 Å². The van der Waals surface area contributed by atoms with Crippen LogP contribution in [0.4, 0.5) is 4.39 Å². The highest BCUT2D eigenvalue weighted by molar-refractivity contribution is 6.29. The molecule has 0 aliphatic rings. The number of amidine groups is 1. The van der Waals surface area contributed by atoms with Crippen molar-refractivity contribution in [1.29, 1.82) is 0 Å². The summed E-state index contributed by atoms with van der Waals surface area (Å²) in [5.74, 6) is -0.279. The van der Waals surface area contributed by atoms with Crippen LogP contribution in [0.2, 0.25) is 5.15 Å². The van der Waals surface area contributed by atoms with Crippen molar-refractivity contribution in [3.05, 3.63) is 94.8 Å². The van der Waals surface area contributed by atoms with E-state index in [1.807, 2.05) is 30.3 Å². The van der Waals surface area contributed by atoms with Crippen LogP contribution in [0.25, 0.3) is 22.5 Å². The summed E-state index contributed by atoms with van der Waals surface area (Å²) in [5, 5.41) is 19.6. The van der Waals surface area contributed by atoms with Crippen molar-refractivity contribution in [2.45, 2.75) is 12.6 Å². The summed E-state index contributed by atoms with van der Waals surface area (Å²) in [6, 6.07) is 16.8. The van der Waals surface area contributed by atoms with Crippen LogP contribution in [0.15, 0.2) is 82.7 Å². The number of nitrogens with zero attached hydrogens (tertiary/aromatic N) is 5. The number of aliphatic hydroxyl groups is 1. The van der Waals surface area contributed by atoms with Gasteiger partial charge in [-0.15, -0.1) is 0 Å². The topological polar surface area (TPSA) is 113 Å². The van der Waals surface area contributed by atoms with E-state index in [-0.39, 0.29) is 17.2 Å². The second-order valence-electron chi connectivity index (χ2n) is 7.82. The molecule has 8 nitrogen and oxygen atoms in total. The Hall–Kier alpha value is -4.08. The third-order valence-corrected chi connectivity index (χ3v) is 5.65. The fourth-order valence-corrected chi connectivity index (χ4v) is 3.88. The summed E-state index contributed by atoms with van der Waals surface area (Å²) < 4.78 is 15.5. The van der Waals surface area contributed by atoms with Crippen LogP contribution in [0.5, 0.6) is 0 Å². The van der Waals surface area contributed by atoms with E-state index in [4.69, 9.17) is 17.3 Å². The molecule has 2 aromatic carbocycles. The lowest BCUT2D eigenvalue weighted by Crippen LogP contribution is -2.40. The van der Waals surface area contributed by atoms with Gasteiger partial charge in [-0.25, -0.2) is 18.9 Å². The van der Waals surface area contributed by atoms with Gasteiger partial charge in [-0.1, -0.05) is 54.1 Å². The summed E-state index contributed by atoms with van der Waals surface area (Å²) in [5.41, 5.74) is 7.13. The minimum atomic E-state index is -1.75. The van der Waals surface area contributed by atoms with Crippen LogP contribution in [-0.2, 0) is 5.72 Å². The van der Waals surface area contributed by atoms with Crippen molar-refractivity contribution in [1.82, 2.24) is 19.9 Å². The lowest BCUT2D eigenvalue weighted by molar-refractivity contribution is 0.0309. The zero-order chi connectivity index (χ0) is 25.2. The monoisotopic (exact) mass is 491 g/mol. The molecular formula is C25H23ClFN7O. The number of rotatable bonds is 7. The van der Waals surface area contributed by atoms with Crippen molar-refractivity contribution in [2.75, 3.05) is 7.05 Å². The van der Waals surface area contributed by atoms with E-state index in [1.54, 1.807) is 18.2 Å². The Bertz CT molecular complexity index is 1460. The maximum Gasteiger partial charge on any atom is 0.162 e. The number of halogens is 2. The normalized spacial score (nSPS) is 14.4. The average molecular weight is 492 g/mol. The van der Waals surface area contributed by atoms with Gasteiger partial charge in [0, 0.05) is 18.2 Å². The first-order valence-corrected chi connectivity index (χ1v) is 10.9. The molecule has 178 valence electrons. The summed E-state index contributed by atoms with van der Waals surface area (Å²) in [7, 11) is 1.50. The van der Waals surface area contributed by atoms with E-state index in [1.165, 1.54) is 36.8 Å². The summed E-state index contributed by atoms with van der Waals surface area (Å²) >= 11 is 6.25. The molecule has 0 radical (unpaired) electrons. The van der Waals surface area contributed by atoms with E-state index in [0.717, 1.165) is 5.56 Å². The van der Waals surface area contributed by atoms with E-state index < -0.39 is 11.5 Å². The number of nitrogens with two attached hydrogens (primary N) is 1. The van der Waals surface area contributed by atoms with Gasteiger partial charge in [-0.3, -0.25) is 4.99 Å². The summed E-state index contributed by atoms with van der Waals surface area (Å²) in [4.78, 5) is 12.4. The van der Waals surface area contributed by atoms with Crippen molar-refractivity contribution in [3.63, 3.8) is 0 Å². The standard InChI is InChI=1S/C25H23ClFN7O/c1-25(35,32-24(30-3)21(23(28)29-2)16-10-7-11-17(27)12-16)18-13-20-31-14-19(26)34(20)33-22(18)15-8-5-4-6-9-15/h4-14,32,35H,3H2,1-2H3,(H2,28,29)/b24-21+. The fraction of sp³-hybridized carbons (Fsp3) is 0.120. The van der Waals surface area contributed by atoms with Gasteiger partial charge in [-0.05, 0) is 37.4 Å². The van der Waals surface area contributed by atoms with E-state index >= 15 is 0 Å². The van der Waals surface area contributed by atoms with E-state index in [0.29, 0.717) is 27.6 Å². The zero-order valence-corrected chi connectivity index (χ0v) is 19.8. The minimum Gasteiger partial charge on any atom is -0.383 e. The molecule has 4 rings (SSSR count). The first-order valence-electron chi connectivity index (χ1n) is 10.6. The van der Waals surface area contributed by atoms with Crippen molar-refractivity contribution >= 4 is 35.4 Å². The molecule has 0 saturated carbocycles. The summed E-state index contributed by atoms with van der Waals surface area (Å²) in [6.07, 6.45) is 1.47. The lowest BCUT2D eigenvalue weighted by Gasteiger charge is -2.29. The van der Waals surface area contributed by atoms with Crippen LogP contribution in [0.3, 0.4) is 0 Å². The molecule has 0 bridgehead atoms. The number of hydrogen-bond acceptors (Lipinski definition) is 6. The fourth-order valence-electron chi connectivity index (χ4n) is 3.71.